The molecule has 1 aromatic carbocycles. The highest BCUT2D eigenvalue weighted by Gasteiger charge is 2.26. The zero-order valence-electron chi connectivity index (χ0n) is 17.4. The van der Waals surface area contributed by atoms with Crippen LogP contribution in [0.15, 0.2) is 65.2 Å². The van der Waals surface area contributed by atoms with Crippen molar-refractivity contribution in [3.63, 3.8) is 0 Å². The first-order valence-corrected chi connectivity index (χ1v) is 10.9. The molecule has 4 heterocycles. The molecule has 0 unspecified atom stereocenters. The number of hydrogen-bond donors (Lipinski definition) is 0. The number of rotatable bonds is 5. The number of nitrogens with zero attached hydrogens (tertiary/aromatic N) is 4. The van der Waals surface area contributed by atoms with Gasteiger partial charge in [0.2, 0.25) is 5.88 Å². The van der Waals surface area contributed by atoms with Gasteiger partial charge in [0.1, 0.15) is 17.9 Å². The lowest BCUT2D eigenvalue weighted by Crippen LogP contribution is -2.33. The molecule has 1 aliphatic heterocycles. The average molecular weight is 445 g/mol. The van der Waals surface area contributed by atoms with Crippen LogP contribution in [-0.2, 0) is 6.54 Å². The highest BCUT2D eigenvalue weighted by atomic mass is 35.5. The van der Waals surface area contributed by atoms with E-state index in [1.54, 1.807) is 12.3 Å². The average Bonchev–Trinajstić information content (AvgIpc) is 3.45. The zero-order chi connectivity index (χ0) is 21.8. The third-order valence-corrected chi connectivity index (χ3v) is 5.61. The van der Waals surface area contributed by atoms with E-state index in [2.05, 4.69) is 31.7 Å². The van der Waals surface area contributed by atoms with E-state index < -0.39 is 0 Å². The largest absolute Gasteiger partial charge is 0.474 e. The summed E-state index contributed by atoms with van der Waals surface area (Å²) in [7, 11) is 0. The van der Waals surface area contributed by atoms with E-state index in [4.69, 9.17) is 20.8 Å². The van der Waals surface area contributed by atoms with Gasteiger partial charge in [-0.25, -0.2) is 15.0 Å². The summed E-state index contributed by atoms with van der Waals surface area (Å²) in [6.07, 6.45) is 3.85. The summed E-state index contributed by atoms with van der Waals surface area (Å²) in [5, 5.41) is 0.411. The Bertz CT molecular complexity index is 1280. The summed E-state index contributed by atoms with van der Waals surface area (Å²) < 4.78 is 11.7. The van der Waals surface area contributed by atoms with Crippen molar-refractivity contribution in [3.8, 4) is 17.7 Å². The van der Waals surface area contributed by atoms with Crippen molar-refractivity contribution in [1.29, 1.82) is 0 Å². The molecular formula is C25H21ClN4O2. The number of likely N-dealkylation sites (tertiary alicyclic amines) is 1. The standard InChI is InChI=1S/C25H21ClN4O2/c26-23-13-11-20(32-23)16-30-15-5-8-19(30)17-31-25-22(12-10-18-6-2-1-3-7-18)28-24-21(29-25)9-4-14-27-24/h1-4,6-7,9,11,13-14,19H,5,8,15-17H2/t19-/m1/s1. The van der Waals surface area contributed by atoms with Gasteiger partial charge < -0.3 is 9.15 Å². The van der Waals surface area contributed by atoms with E-state index >= 15 is 0 Å². The summed E-state index contributed by atoms with van der Waals surface area (Å²) in [5.74, 6) is 7.55. The maximum absolute atomic E-state index is 6.19. The predicted molar refractivity (Wildman–Crippen MR) is 122 cm³/mol. The van der Waals surface area contributed by atoms with Crippen molar-refractivity contribution < 1.29 is 9.15 Å². The third-order valence-electron chi connectivity index (χ3n) is 5.41. The molecule has 0 bridgehead atoms. The van der Waals surface area contributed by atoms with Crippen molar-refractivity contribution in [2.24, 2.45) is 0 Å². The fourth-order valence-electron chi connectivity index (χ4n) is 3.82. The number of fused-ring (bicyclic) bond motifs is 1. The first-order valence-electron chi connectivity index (χ1n) is 10.6. The van der Waals surface area contributed by atoms with Gasteiger partial charge in [-0.2, -0.15) is 0 Å². The minimum absolute atomic E-state index is 0.250. The van der Waals surface area contributed by atoms with E-state index in [0.29, 0.717) is 41.1 Å². The monoisotopic (exact) mass is 444 g/mol. The molecule has 1 aliphatic rings. The molecule has 0 spiro atoms. The second-order valence-corrected chi connectivity index (χ2v) is 8.00. The molecule has 0 aliphatic carbocycles. The van der Waals surface area contributed by atoms with E-state index in [9.17, 15) is 0 Å². The van der Waals surface area contributed by atoms with E-state index in [0.717, 1.165) is 30.7 Å². The zero-order valence-corrected chi connectivity index (χ0v) is 18.1. The quantitative estimate of drug-likeness (QED) is 0.415. The van der Waals surface area contributed by atoms with Gasteiger partial charge in [-0.3, -0.25) is 4.90 Å². The van der Waals surface area contributed by atoms with Gasteiger partial charge in [-0.05, 0) is 73.3 Å². The topological polar surface area (TPSA) is 64.3 Å². The van der Waals surface area contributed by atoms with Crippen LogP contribution >= 0.6 is 11.6 Å². The fourth-order valence-corrected chi connectivity index (χ4v) is 3.98. The van der Waals surface area contributed by atoms with Gasteiger partial charge >= 0.3 is 0 Å². The molecule has 4 aromatic rings. The van der Waals surface area contributed by atoms with Gasteiger partial charge in [0.15, 0.2) is 16.6 Å². The molecule has 1 atom stereocenters. The maximum atomic E-state index is 6.19. The number of benzene rings is 1. The number of ether oxygens (including phenoxy) is 1. The van der Waals surface area contributed by atoms with Crippen molar-refractivity contribution in [2.75, 3.05) is 13.2 Å². The second-order valence-electron chi connectivity index (χ2n) is 7.62. The lowest BCUT2D eigenvalue weighted by atomic mass is 10.2. The molecule has 5 rings (SSSR count). The molecule has 0 amide bonds. The Hall–Kier alpha value is -3.40. The third kappa shape index (κ3) is 4.75. The summed E-state index contributed by atoms with van der Waals surface area (Å²) in [6, 6.07) is 17.4. The van der Waals surface area contributed by atoms with Crippen LogP contribution in [0.2, 0.25) is 5.22 Å². The van der Waals surface area contributed by atoms with Crippen molar-refractivity contribution in [3.05, 3.63) is 83.0 Å². The van der Waals surface area contributed by atoms with Crippen LogP contribution < -0.4 is 4.74 Å². The van der Waals surface area contributed by atoms with Gasteiger partial charge in [-0.1, -0.05) is 24.1 Å². The normalized spacial score (nSPS) is 16.1. The summed E-state index contributed by atoms with van der Waals surface area (Å²) in [4.78, 5) is 15.9. The van der Waals surface area contributed by atoms with E-state index in [-0.39, 0.29) is 6.04 Å². The SMILES string of the molecule is Clc1ccc(CN2CCC[C@@H]2COc2nc3cccnc3nc2C#Cc2ccccc2)o1. The Morgan fingerprint density at radius 2 is 1.97 bits per heavy atom. The first kappa shape index (κ1) is 20.5. The number of hydrogen-bond acceptors (Lipinski definition) is 6. The van der Waals surface area contributed by atoms with Crippen LogP contribution in [0, 0.1) is 11.8 Å². The first-order chi connectivity index (χ1) is 15.7. The molecular weight excluding hydrogens is 424 g/mol. The molecule has 3 aromatic heterocycles. The van der Waals surface area contributed by atoms with Gasteiger partial charge in [0.25, 0.3) is 0 Å². The van der Waals surface area contributed by atoms with Crippen LogP contribution in [0.25, 0.3) is 11.2 Å². The summed E-state index contributed by atoms with van der Waals surface area (Å²) in [5.41, 5.74) is 2.62. The fraction of sp³-hybridized carbons (Fsp3) is 0.240. The van der Waals surface area contributed by atoms with Crippen LogP contribution in [0.3, 0.4) is 0 Å². The van der Waals surface area contributed by atoms with Gasteiger partial charge in [-0.15, -0.1) is 0 Å². The Balaban J connectivity index is 1.37. The molecule has 32 heavy (non-hydrogen) atoms. The van der Waals surface area contributed by atoms with Crippen molar-refractivity contribution in [2.45, 2.75) is 25.4 Å². The molecule has 0 saturated carbocycles. The van der Waals surface area contributed by atoms with Crippen molar-refractivity contribution >= 4 is 22.8 Å². The van der Waals surface area contributed by atoms with Crippen molar-refractivity contribution in [1.82, 2.24) is 19.9 Å². The molecule has 1 fully saturated rings. The molecule has 1 saturated heterocycles. The van der Waals surface area contributed by atoms with Gasteiger partial charge in [0, 0.05) is 17.8 Å². The summed E-state index contributed by atoms with van der Waals surface area (Å²) in [6.45, 7) is 2.18. The smallest absolute Gasteiger partial charge is 0.249 e. The Kier molecular flexibility index (Phi) is 6.02. The highest BCUT2D eigenvalue weighted by Crippen LogP contribution is 2.24. The lowest BCUT2D eigenvalue weighted by molar-refractivity contribution is 0.155. The van der Waals surface area contributed by atoms with Crippen LogP contribution in [0.1, 0.15) is 29.9 Å². The van der Waals surface area contributed by atoms with E-state index in [1.165, 1.54) is 0 Å². The van der Waals surface area contributed by atoms with Crippen LogP contribution in [0.4, 0.5) is 0 Å². The molecule has 7 heteroatoms. The minimum atomic E-state index is 0.250. The molecule has 160 valence electrons. The Morgan fingerprint density at radius 1 is 1.06 bits per heavy atom. The summed E-state index contributed by atoms with van der Waals surface area (Å²) >= 11 is 5.92. The lowest BCUT2D eigenvalue weighted by Gasteiger charge is -2.23. The molecule has 0 radical (unpaired) electrons. The van der Waals surface area contributed by atoms with Crippen LogP contribution in [-0.4, -0.2) is 39.0 Å². The highest BCUT2D eigenvalue weighted by molar-refractivity contribution is 6.28. The number of halogens is 1. The molecule has 0 N–H and O–H groups in total. The predicted octanol–water partition coefficient (Wildman–Crippen LogP) is 4.71. The Morgan fingerprint density at radius 3 is 2.81 bits per heavy atom. The van der Waals surface area contributed by atoms with Crippen LogP contribution in [0.5, 0.6) is 5.88 Å². The number of furan rings is 1. The minimum Gasteiger partial charge on any atom is -0.474 e. The second kappa shape index (κ2) is 9.39. The number of aromatic nitrogens is 3. The number of pyridine rings is 1. The maximum Gasteiger partial charge on any atom is 0.249 e. The Labute approximate surface area is 191 Å². The molecule has 6 nitrogen and oxygen atoms in total. The van der Waals surface area contributed by atoms with E-state index in [1.807, 2.05) is 48.5 Å². The van der Waals surface area contributed by atoms with Gasteiger partial charge in [0.05, 0.1) is 6.54 Å².